The molecule has 3 fully saturated rings. The van der Waals surface area contributed by atoms with Crippen LogP contribution in [0, 0.1) is 0 Å². The Balaban J connectivity index is 0.923. The van der Waals surface area contributed by atoms with Gasteiger partial charge in [-0.15, -0.1) is 0 Å². The lowest BCUT2D eigenvalue weighted by molar-refractivity contribution is 0.105. The molecule has 3 atom stereocenters. The van der Waals surface area contributed by atoms with Crippen LogP contribution in [-0.4, -0.2) is 132 Å². The van der Waals surface area contributed by atoms with Crippen molar-refractivity contribution in [2.75, 3.05) is 70.8 Å². The summed E-state index contributed by atoms with van der Waals surface area (Å²) in [7, 11) is 0.411. The Labute approximate surface area is 369 Å². The van der Waals surface area contributed by atoms with Gasteiger partial charge in [0.05, 0.1) is 5.75 Å². The van der Waals surface area contributed by atoms with Crippen molar-refractivity contribution in [2.24, 2.45) is 0 Å². The number of carbonyl (C=O) groups is 2. The molecule has 3 unspecified atom stereocenters. The summed E-state index contributed by atoms with van der Waals surface area (Å²) in [5.74, 6) is 0.153. The molecule has 0 radical (unpaired) electrons. The zero-order valence-electron chi connectivity index (χ0n) is 37.4. The molecule has 2 aromatic rings. The minimum atomic E-state index is -3.99. The normalized spacial score (nSPS) is 24.4. The van der Waals surface area contributed by atoms with Crippen LogP contribution in [0.25, 0.3) is 0 Å². The molecule has 0 bridgehead atoms. The van der Waals surface area contributed by atoms with Crippen LogP contribution in [0.2, 0.25) is 0 Å². The van der Waals surface area contributed by atoms with E-state index in [-0.39, 0.29) is 17.6 Å². The second kappa shape index (κ2) is 16.9. The van der Waals surface area contributed by atoms with Crippen LogP contribution in [0.5, 0.6) is 0 Å². The first-order valence-electron chi connectivity index (χ1n) is 23.3. The molecule has 14 nitrogen and oxygen atoms in total. The van der Waals surface area contributed by atoms with Crippen molar-refractivity contribution in [1.82, 2.24) is 29.0 Å². The van der Waals surface area contributed by atoms with Crippen molar-refractivity contribution in [3.8, 4) is 0 Å². The molecule has 16 heteroatoms. The van der Waals surface area contributed by atoms with E-state index in [0.717, 1.165) is 149 Å². The number of benzene rings is 2. The van der Waals surface area contributed by atoms with Gasteiger partial charge in [0.15, 0.2) is 0 Å². The predicted molar refractivity (Wildman–Crippen MR) is 244 cm³/mol. The van der Waals surface area contributed by atoms with Gasteiger partial charge in [-0.2, -0.15) is 0 Å². The molecule has 2 aliphatic heterocycles. The lowest BCUT2D eigenvalue weighted by Gasteiger charge is -2.39. The highest BCUT2D eigenvalue weighted by atomic mass is 32.2. The van der Waals surface area contributed by atoms with Crippen LogP contribution in [0.4, 0.5) is 21.0 Å². The van der Waals surface area contributed by atoms with Crippen LogP contribution >= 0.6 is 0 Å². The van der Waals surface area contributed by atoms with Crippen LogP contribution in [0.15, 0.2) is 12.1 Å². The monoisotopic (exact) mass is 892 g/mol. The number of fused-ring (bicyclic) bond motifs is 4. The van der Waals surface area contributed by atoms with Gasteiger partial charge in [0.2, 0.25) is 10.0 Å². The third-order valence-corrected chi connectivity index (χ3v) is 19.1. The van der Waals surface area contributed by atoms with Gasteiger partial charge in [0, 0.05) is 55.2 Å². The van der Waals surface area contributed by atoms with Crippen molar-refractivity contribution < 1.29 is 26.4 Å². The fourth-order valence-corrected chi connectivity index (χ4v) is 15.1. The number of nitrogens with zero attached hydrogens (tertiary/aromatic N) is 4. The molecule has 4 N–H and O–H groups in total. The van der Waals surface area contributed by atoms with Gasteiger partial charge >= 0.3 is 12.1 Å². The van der Waals surface area contributed by atoms with Crippen molar-refractivity contribution in [2.45, 2.75) is 144 Å². The number of anilines is 2. The lowest BCUT2D eigenvalue weighted by Crippen LogP contribution is -2.51. The Morgan fingerprint density at radius 2 is 1.24 bits per heavy atom. The highest BCUT2D eigenvalue weighted by molar-refractivity contribution is 7.90. The largest absolute Gasteiger partial charge is 0.332 e. The maximum absolute atomic E-state index is 13.8. The summed E-state index contributed by atoms with van der Waals surface area (Å²) in [6, 6.07) is 4.17. The second-order valence-electron chi connectivity index (χ2n) is 20.1. The molecule has 7 aliphatic rings. The summed E-state index contributed by atoms with van der Waals surface area (Å²) in [6.45, 7) is 4.70. The van der Waals surface area contributed by atoms with E-state index in [9.17, 15) is 26.4 Å². The van der Waals surface area contributed by atoms with Gasteiger partial charge in [-0.05, 0) is 194 Å². The summed E-state index contributed by atoms with van der Waals surface area (Å²) in [4.78, 5) is 36.3. The Morgan fingerprint density at radius 3 is 1.87 bits per heavy atom. The van der Waals surface area contributed by atoms with Gasteiger partial charge < -0.3 is 20.4 Å². The number of rotatable bonds is 12. The van der Waals surface area contributed by atoms with E-state index in [2.05, 4.69) is 75.1 Å². The molecule has 2 heterocycles. The predicted octanol–water partition coefficient (Wildman–Crippen LogP) is 5.26. The molecule has 5 aliphatic carbocycles. The minimum absolute atomic E-state index is 0.0762. The average molecular weight is 893 g/mol. The van der Waals surface area contributed by atoms with Crippen molar-refractivity contribution in [3.05, 3.63) is 56.6 Å². The number of carbonyl (C=O) groups excluding carboxylic acids is 2. The standard InChI is InChI=1S/C46H68N8O6S2/c1-29(53-22-16-33(17-23-53)51(2)3)62(59,60)50-45(56)48-43-36-11-6-8-30(36)26-32-12-13-38(41(32)43)37-14-15-39-40(37)27-31-9-7-10-35(31)42(39)47-44(55)49-61(57,58)28-46(20-21-46)54-24-18-34(19-25-54)52(4)5/h26-27,29,33-34,37-38H,6-25,28H2,1-5H3,(H2,47,49,55)(H2,48,50,56). The van der Waals surface area contributed by atoms with Gasteiger partial charge in [0.25, 0.3) is 10.0 Å². The Kier molecular flexibility index (Phi) is 12.0. The Bertz CT molecular complexity index is 2310. The number of hydrogen-bond donors (Lipinski definition) is 4. The number of likely N-dealkylation sites (tertiary alicyclic amines) is 2. The third-order valence-electron chi connectivity index (χ3n) is 16.1. The first-order valence-corrected chi connectivity index (χ1v) is 26.5. The number of piperidine rings is 2. The zero-order valence-corrected chi connectivity index (χ0v) is 39.1. The van der Waals surface area contributed by atoms with E-state index in [1.165, 1.54) is 22.3 Å². The van der Waals surface area contributed by atoms with E-state index in [1.54, 1.807) is 6.92 Å². The van der Waals surface area contributed by atoms with Crippen molar-refractivity contribution >= 4 is 43.5 Å². The minimum Gasteiger partial charge on any atom is -0.307 e. The molecule has 340 valence electrons. The second-order valence-corrected chi connectivity index (χ2v) is 23.8. The summed E-state index contributed by atoms with van der Waals surface area (Å²) in [6.07, 6.45) is 14.3. The molecule has 9 rings (SSSR count). The van der Waals surface area contributed by atoms with Crippen LogP contribution < -0.4 is 20.1 Å². The van der Waals surface area contributed by atoms with Gasteiger partial charge in [0.1, 0.15) is 5.37 Å². The molecule has 2 aromatic carbocycles. The van der Waals surface area contributed by atoms with E-state index in [4.69, 9.17) is 0 Å². The number of amides is 4. The number of sulfonamides is 2. The first-order chi connectivity index (χ1) is 29.5. The van der Waals surface area contributed by atoms with E-state index >= 15 is 0 Å². The SMILES string of the molecule is CC(N1CCC(N(C)C)CC1)S(=O)(=O)NC(=O)Nc1c2c(cc3c1C(C1CCc4c1cc1c(c4NC(=O)NS(=O)(=O)CC4(N5CCC(N(C)C)CC5)CC4)CCC1)CC3)CCC2. The quantitative estimate of drug-likeness (QED) is 0.221. The summed E-state index contributed by atoms with van der Waals surface area (Å²) >= 11 is 0. The van der Waals surface area contributed by atoms with Crippen molar-refractivity contribution in [3.63, 3.8) is 0 Å². The van der Waals surface area contributed by atoms with Crippen LogP contribution in [-0.2, 0) is 58.6 Å². The van der Waals surface area contributed by atoms with Crippen LogP contribution in [0.1, 0.15) is 127 Å². The van der Waals surface area contributed by atoms with E-state index in [1.807, 2.05) is 4.90 Å². The van der Waals surface area contributed by atoms with Gasteiger partial charge in [-0.3, -0.25) is 9.80 Å². The zero-order chi connectivity index (χ0) is 43.7. The number of urea groups is 2. The molecule has 1 saturated carbocycles. The van der Waals surface area contributed by atoms with Gasteiger partial charge in [-0.1, -0.05) is 12.1 Å². The Hall–Kier alpha value is -3.28. The smallest absolute Gasteiger partial charge is 0.307 e. The summed E-state index contributed by atoms with van der Waals surface area (Å²) in [5, 5.41) is 5.37. The molecule has 62 heavy (non-hydrogen) atoms. The fraction of sp³-hybridized carbons (Fsp3) is 0.696. The molecule has 0 aromatic heterocycles. The van der Waals surface area contributed by atoms with Crippen molar-refractivity contribution in [1.29, 1.82) is 0 Å². The molecule has 0 spiro atoms. The number of nitrogens with one attached hydrogen (secondary N) is 4. The summed E-state index contributed by atoms with van der Waals surface area (Å²) < 4.78 is 59.4. The number of hydrogen-bond acceptors (Lipinski definition) is 10. The molecule has 2 saturated heterocycles. The summed E-state index contributed by atoms with van der Waals surface area (Å²) in [5.41, 5.74) is 10.4. The molecule has 4 amide bonds. The topological polar surface area (TPSA) is 164 Å². The fourth-order valence-electron chi connectivity index (χ4n) is 12.4. The van der Waals surface area contributed by atoms with Gasteiger partial charge in [-0.25, -0.2) is 35.9 Å². The first kappa shape index (κ1) is 43.9. The average Bonchev–Trinajstić information content (AvgIpc) is 3.70. The van der Waals surface area contributed by atoms with Crippen LogP contribution in [0.3, 0.4) is 0 Å². The lowest BCUT2D eigenvalue weighted by atomic mass is 9.81. The molecular formula is C46H68N8O6S2. The van der Waals surface area contributed by atoms with E-state index in [0.29, 0.717) is 25.2 Å². The molecular weight excluding hydrogens is 825 g/mol. The highest BCUT2D eigenvalue weighted by Gasteiger charge is 2.52. The maximum Gasteiger partial charge on any atom is 0.332 e. The Morgan fingerprint density at radius 1 is 0.677 bits per heavy atom. The highest BCUT2D eigenvalue weighted by Crippen LogP contribution is 2.55. The maximum atomic E-state index is 13.8. The number of aryl methyl sites for hydroxylation is 3. The third kappa shape index (κ3) is 8.53. The van der Waals surface area contributed by atoms with E-state index < -0.39 is 43.0 Å².